The molecule has 0 fully saturated rings. The topological polar surface area (TPSA) is 130 Å². The monoisotopic (exact) mass is 593 g/mol. The Bertz CT molecular complexity index is 1480. The molecule has 0 saturated heterocycles. The summed E-state index contributed by atoms with van der Waals surface area (Å²) < 4.78 is 28.0. The van der Waals surface area contributed by atoms with Crippen molar-refractivity contribution >= 4 is 28.3 Å². The molecule has 0 spiro atoms. The van der Waals surface area contributed by atoms with Crippen LogP contribution in [0.25, 0.3) is 10.6 Å². The number of nitrogens with one attached hydrogen (secondary N) is 2. The minimum Gasteiger partial charge on any atom is -0.391 e. The Morgan fingerprint density at radius 1 is 0.952 bits per heavy atom. The van der Waals surface area contributed by atoms with E-state index < -0.39 is 41.4 Å². The number of halogens is 2. The number of hydrogen-bond donors (Lipinski definition) is 4. The third kappa shape index (κ3) is 8.72. The van der Waals surface area contributed by atoms with E-state index >= 15 is 0 Å². The Balaban J connectivity index is 1.48. The molecule has 1 aromatic heterocycles. The van der Waals surface area contributed by atoms with E-state index in [1.54, 1.807) is 0 Å². The van der Waals surface area contributed by atoms with E-state index in [1.165, 1.54) is 16.9 Å². The number of aromatic nitrogens is 2. The number of nitrogens with zero attached hydrogens (tertiary/aromatic N) is 2. The van der Waals surface area contributed by atoms with Gasteiger partial charge in [0, 0.05) is 37.1 Å². The first-order valence-corrected chi connectivity index (χ1v) is 14.4. The highest BCUT2D eigenvalue weighted by Gasteiger charge is 2.34. The largest absolute Gasteiger partial charge is 0.391 e. The Morgan fingerprint density at radius 2 is 1.67 bits per heavy atom. The second-order valence-corrected chi connectivity index (χ2v) is 11.0. The lowest BCUT2D eigenvalue weighted by atomic mass is 9.80. The van der Waals surface area contributed by atoms with Crippen molar-refractivity contribution in [1.29, 1.82) is 0 Å². The maximum atomic E-state index is 14.0. The fourth-order valence-electron chi connectivity index (χ4n) is 4.83. The number of aliphatic hydroxyl groups is 1. The van der Waals surface area contributed by atoms with Gasteiger partial charge in [-0.3, -0.25) is 9.59 Å². The third-order valence-electron chi connectivity index (χ3n) is 6.95. The molecule has 3 atom stereocenters. The molecule has 0 saturated carbocycles. The zero-order valence-corrected chi connectivity index (χ0v) is 23.9. The zero-order chi connectivity index (χ0) is 30.1. The molecule has 0 aliphatic heterocycles. The molecule has 2 amide bonds. The van der Waals surface area contributed by atoms with E-state index in [0.29, 0.717) is 11.6 Å². The molecule has 5 N–H and O–H groups in total. The van der Waals surface area contributed by atoms with Crippen molar-refractivity contribution in [3.63, 3.8) is 0 Å². The van der Waals surface area contributed by atoms with E-state index in [0.717, 1.165) is 35.7 Å². The number of aryl methyl sites for hydroxylation is 1. The number of carbonyl (C=O) groups excluding carboxylic acids is 2. The van der Waals surface area contributed by atoms with Gasteiger partial charge in [-0.2, -0.15) is 0 Å². The average molecular weight is 594 g/mol. The number of aliphatic hydroxyl groups excluding tert-OH is 1. The van der Waals surface area contributed by atoms with Gasteiger partial charge in [0.05, 0.1) is 12.0 Å². The van der Waals surface area contributed by atoms with Crippen LogP contribution >= 0.6 is 11.3 Å². The van der Waals surface area contributed by atoms with Crippen LogP contribution in [-0.2, 0) is 29.0 Å². The van der Waals surface area contributed by atoms with Gasteiger partial charge in [0.15, 0.2) is 0 Å². The van der Waals surface area contributed by atoms with Crippen molar-refractivity contribution < 1.29 is 23.5 Å². The normalized spacial score (nSPS) is 13.3. The van der Waals surface area contributed by atoms with Crippen LogP contribution in [0.2, 0.25) is 0 Å². The first-order valence-electron chi connectivity index (χ1n) is 13.6. The Hall–Kier alpha value is -4.06. The predicted octanol–water partition coefficient (Wildman–Crippen LogP) is 4.49. The van der Waals surface area contributed by atoms with Crippen molar-refractivity contribution in [3.8, 4) is 10.6 Å². The molecule has 11 heteroatoms. The summed E-state index contributed by atoms with van der Waals surface area (Å²) in [6, 6.07) is 20.3. The number of carbonyl (C=O) groups is 2. The molecule has 1 unspecified atom stereocenters. The minimum atomic E-state index is -1.16. The number of nitrogens with two attached hydrogens (primary N) is 1. The van der Waals surface area contributed by atoms with Gasteiger partial charge in [-0.1, -0.05) is 72.9 Å². The summed E-state index contributed by atoms with van der Waals surface area (Å²) in [5.41, 5.74) is 9.00. The van der Waals surface area contributed by atoms with Gasteiger partial charge in [0.1, 0.15) is 16.6 Å². The van der Waals surface area contributed by atoms with Gasteiger partial charge in [-0.15, -0.1) is 10.2 Å². The molecule has 0 bridgehead atoms. The quantitative estimate of drug-likeness (QED) is 0.171. The standard InChI is InChI=1S/C31H33F2N5O3S/c1-2-19-7-6-8-20(11-19)17-35-18-27(39)25(14-21-12-23(32)15-24(33)13-21)26(29(34)41)16-28(40)36-31-38-37-30(42-31)22-9-4-3-5-10-22/h3-13,15,25-27,35,39H,2,14,16-18H2,1H3,(H2,34,41)(H,36,38,40)/t25-,26?,27-/m0/s1. The Kier molecular flexibility index (Phi) is 10.8. The average Bonchev–Trinajstić information content (AvgIpc) is 3.43. The summed E-state index contributed by atoms with van der Waals surface area (Å²) in [4.78, 5) is 25.7. The van der Waals surface area contributed by atoms with Gasteiger partial charge in [0.2, 0.25) is 16.9 Å². The summed E-state index contributed by atoms with van der Waals surface area (Å²) >= 11 is 1.17. The van der Waals surface area contributed by atoms with Crippen molar-refractivity contribution in [3.05, 3.63) is 101 Å². The SMILES string of the molecule is CCc1cccc(CNC[C@H](O)[C@@H](Cc2cc(F)cc(F)c2)C(CC(=O)Nc2nnc(-c3ccccc3)s2)C(N)=O)c1. The van der Waals surface area contributed by atoms with Crippen LogP contribution in [0.1, 0.15) is 30.0 Å². The zero-order valence-electron chi connectivity index (χ0n) is 23.1. The second-order valence-electron chi connectivity index (χ2n) is 10.1. The molecule has 3 aromatic carbocycles. The summed E-state index contributed by atoms with van der Waals surface area (Å²) in [5.74, 6) is -5.00. The number of benzene rings is 3. The molecule has 0 radical (unpaired) electrons. The molecular weight excluding hydrogens is 560 g/mol. The van der Waals surface area contributed by atoms with Crippen LogP contribution in [0.3, 0.4) is 0 Å². The summed E-state index contributed by atoms with van der Waals surface area (Å²) in [6.45, 7) is 2.57. The van der Waals surface area contributed by atoms with E-state index in [1.807, 2.05) is 48.5 Å². The number of amides is 2. The number of primary amides is 1. The summed E-state index contributed by atoms with van der Waals surface area (Å²) in [7, 11) is 0. The van der Waals surface area contributed by atoms with Gasteiger partial charge in [-0.05, 0) is 41.7 Å². The molecule has 0 aliphatic carbocycles. The van der Waals surface area contributed by atoms with Gasteiger partial charge in [-0.25, -0.2) is 8.78 Å². The van der Waals surface area contributed by atoms with E-state index in [2.05, 4.69) is 33.8 Å². The Labute approximate surface area is 247 Å². The van der Waals surface area contributed by atoms with Gasteiger partial charge >= 0.3 is 0 Å². The highest BCUT2D eigenvalue weighted by molar-refractivity contribution is 7.18. The highest BCUT2D eigenvalue weighted by Crippen LogP contribution is 2.28. The van der Waals surface area contributed by atoms with Crippen molar-refractivity contribution in [2.45, 2.75) is 38.8 Å². The Morgan fingerprint density at radius 3 is 2.36 bits per heavy atom. The van der Waals surface area contributed by atoms with Crippen LogP contribution in [0.4, 0.5) is 13.9 Å². The maximum absolute atomic E-state index is 14.0. The summed E-state index contributed by atoms with van der Waals surface area (Å²) in [6.07, 6.45) is -0.730. The molecule has 4 rings (SSSR count). The van der Waals surface area contributed by atoms with Crippen LogP contribution in [0.5, 0.6) is 0 Å². The molecule has 1 heterocycles. The van der Waals surface area contributed by atoms with Gasteiger partial charge < -0.3 is 21.5 Å². The van der Waals surface area contributed by atoms with Crippen LogP contribution < -0.4 is 16.4 Å². The molecule has 4 aromatic rings. The summed E-state index contributed by atoms with van der Waals surface area (Å²) in [5, 5.41) is 26.0. The minimum absolute atomic E-state index is 0.0566. The van der Waals surface area contributed by atoms with Crippen molar-refractivity contribution in [1.82, 2.24) is 15.5 Å². The molecular formula is C31H33F2N5O3S. The first kappa shape index (κ1) is 30.9. The fraction of sp³-hybridized carbons (Fsp3) is 0.290. The van der Waals surface area contributed by atoms with Crippen LogP contribution in [0.15, 0.2) is 72.8 Å². The van der Waals surface area contributed by atoms with Crippen molar-refractivity contribution in [2.24, 2.45) is 17.6 Å². The van der Waals surface area contributed by atoms with Crippen LogP contribution in [-0.4, -0.2) is 39.8 Å². The van der Waals surface area contributed by atoms with E-state index in [9.17, 15) is 23.5 Å². The number of hydrogen-bond acceptors (Lipinski definition) is 7. The lowest BCUT2D eigenvalue weighted by Crippen LogP contribution is -2.43. The van der Waals surface area contributed by atoms with Crippen molar-refractivity contribution in [2.75, 3.05) is 11.9 Å². The lowest BCUT2D eigenvalue weighted by Gasteiger charge is -2.29. The van der Waals surface area contributed by atoms with E-state index in [-0.39, 0.29) is 30.1 Å². The molecule has 220 valence electrons. The predicted molar refractivity (Wildman–Crippen MR) is 158 cm³/mol. The van der Waals surface area contributed by atoms with Gasteiger partial charge in [0.25, 0.3) is 0 Å². The maximum Gasteiger partial charge on any atom is 0.227 e. The third-order valence-corrected chi connectivity index (χ3v) is 7.84. The first-order chi connectivity index (χ1) is 20.2. The van der Waals surface area contributed by atoms with Crippen LogP contribution in [0, 0.1) is 23.5 Å². The number of rotatable bonds is 14. The molecule has 8 nitrogen and oxygen atoms in total. The lowest BCUT2D eigenvalue weighted by molar-refractivity contribution is -0.129. The number of anilines is 1. The highest BCUT2D eigenvalue weighted by atomic mass is 32.1. The fourth-order valence-corrected chi connectivity index (χ4v) is 5.59. The molecule has 42 heavy (non-hydrogen) atoms. The smallest absolute Gasteiger partial charge is 0.227 e. The van der Waals surface area contributed by atoms with E-state index in [4.69, 9.17) is 5.73 Å². The second kappa shape index (κ2) is 14.7. The molecule has 0 aliphatic rings.